The Kier molecular flexibility index (Phi) is 4.26. The first-order chi connectivity index (χ1) is 6.25. The summed E-state index contributed by atoms with van der Waals surface area (Å²) in [5, 5.41) is 0. The number of hydrogen-bond donors (Lipinski definition) is 0. The minimum Gasteiger partial charge on any atom is -0.303 e. The van der Waals surface area contributed by atoms with Crippen molar-refractivity contribution in [3.05, 3.63) is 35.9 Å². The minimum atomic E-state index is -0.535. The normalized spacial score (nSPS) is 12.8. The van der Waals surface area contributed by atoms with Crippen molar-refractivity contribution in [1.29, 1.82) is 0 Å². The van der Waals surface area contributed by atoms with Gasteiger partial charge in [-0.05, 0) is 5.56 Å². The maximum Gasteiger partial charge on any atom is 0.120 e. The van der Waals surface area contributed by atoms with E-state index in [2.05, 4.69) is 0 Å². The van der Waals surface area contributed by atoms with Gasteiger partial charge in [0.15, 0.2) is 0 Å². The van der Waals surface area contributed by atoms with Gasteiger partial charge in [-0.1, -0.05) is 30.3 Å². The molecular formula is C10H10Cl2O. The van der Waals surface area contributed by atoms with Gasteiger partial charge in [0.05, 0.1) is 0 Å². The van der Waals surface area contributed by atoms with Crippen molar-refractivity contribution in [2.45, 2.75) is 17.2 Å². The lowest BCUT2D eigenvalue weighted by Crippen LogP contribution is -2.07. The van der Waals surface area contributed by atoms with E-state index in [-0.39, 0.29) is 5.92 Å². The molecule has 0 amide bonds. The summed E-state index contributed by atoms with van der Waals surface area (Å²) < 4.78 is 0. The summed E-state index contributed by atoms with van der Waals surface area (Å²) in [6, 6.07) is 9.57. The average Bonchev–Trinajstić information content (AvgIpc) is 2.15. The fourth-order valence-corrected chi connectivity index (χ4v) is 1.69. The molecule has 0 aliphatic carbocycles. The predicted molar refractivity (Wildman–Crippen MR) is 55.4 cm³/mol. The van der Waals surface area contributed by atoms with Crippen LogP contribution in [0.15, 0.2) is 30.3 Å². The zero-order valence-corrected chi connectivity index (χ0v) is 8.50. The summed E-state index contributed by atoms with van der Waals surface area (Å²) in [4.78, 5) is 9.84. The van der Waals surface area contributed by atoms with E-state index in [4.69, 9.17) is 23.2 Å². The molecular weight excluding hydrogens is 207 g/mol. The molecule has 0 spiro atoms. The van der Waals surface area contributed by atoms with Crippen LogP contribution in [0.25, 0.3) is 0 Å². The molecule has 1 aromatic carbocycles. The molecule has 0 saturated carbocycles. The van der Waals surface area contributed by atoms with Gasteiger partial charge in [0, 0.05) is 12.3 Å². The van der Waals surface area contributed by atoms with Crippen LogP contribution >= 0.6 is 23.2 Å². The summed E-state index contributed by atoms with van der Waals surface area (Å²) in [5.74, 6) is -0.0953. The predicted octanol–water partition coefficient (Wildman–Crippen LogP) is 3.16. The Bertz CT molecular complexity index is 259. The SMILES string of the molecule is O=CCC(c1ccccc1)C(Cl)Cl. The number of carbonyl (C=O) groups is 1. The molecule has 0 saturated heterocycles. The molecule has 1 rings (SSSR count). The van der Waals surface area contributed by atoms with Crippen molar-refractivity contribution >= 4 is 29.5 Å². The number of benzene rings is 1. The van der Waals surface area contributed by atoms with Crippen LogP contribution in [-0.2, 0) is 4.79 Å². The van der Waals surface area contributed by atoms with Gasteiger partial charge in [-0.25, -0.2) is 0 Å². The second-order valence-corrected chi connectivity index (χ2v) is 3.92. The Labute approximate surface area is 87.7 Å². The molecule has 1 unspecified atom stereocenters. The van der Waals surface area contributed by atoms with Crippen LogP contribution < -0.4 is 0 Å². The van der Waals surface area contributed by atoms with Crippen LogP contribution in [0.4, 0.5) is 0 Å². The third-order valence-corrected chi connectivity index (χ3v) is 2.49. The lowest BCUT2D eigenvalue weighted by molar-refractivity contribution is -0.108. The van der Waals surface area contributed by atoms with Crippen LogP contribution in [0.2, 0.25) is 0 Å². The number of hydrogen-bond acceptors (Lipinski definition) is 1. The lowest BCUT2D eigenvalue weighted by Gasteiger charge is -2.14. The molecule has 0 aliphatic heterocycles. The van der Waals surface area contributed by atoms with Gasteiger partial charge in [-0.15, -0.1) is 23.2 Å². The summed E-state index contributed by atoms with van der Waals surface area (Å²) in [6.45, 7) is 0. The molecule has 0 N–H and O–H groups in total. The van der Waals surface area contributed by atoms with Gasteiger partial charge < -0.3 is 4.79 Å². The Hall–Kier alpha value is -0.530. The lowest BCUT2D eigenvalue weighted by atomic mass is 9.98. The van der Waals surface area contributed by atoms with E-state index in [1.54, 1.807) is 0 Å². The Morgan fingerprint density at radius 2 is 1.85 bits per heavy atom. The molecule has 0 aromatic heterocycles. The highest BCUT2D eigenvalue weighted by Gasteiger charge is 2.17. The number of rotatable bonds is 4. The van der Waals surface area contributed by atoms with E-state index in [0.29, 0.717) is 6.42 Å². The third-order valence-electron chi connectivity index (χ3n) is 1.88. The van der Waals surface area contributed by atoms with Crippen molar-refractivity contribution in [3.8, 4) is 0 Å². The highest BCUT2D eigenvalue weighted by atomic mass is 35.5. The fourth-order valence-electron chi connectivity index (χ4n) is 1.19. The van der Waals surface area contributed by atoms with Crippen molar-refractivity contribution < 1.29 is 4.79 Å². The molecule has 70 valence electrons. The zero-order chi connectivity index (χ0) is 9.68. The molecule has 0 radical (unpaired) electrons. The van der Waals surface area contributed by atoms with Crippen LogP contribution in [0.1, 0.15) is 17.9 Å². The molecule has 0 heterocycles. The fraction of sp³-hybridized carbons (Fsp3) is 0.300. The van der Waals surface area contributed by atoms with Gasteiger partial charge in [-0.3, -0.25) is 0 Å². The van der Waals surface area contributed by atoms with Crippen LogP contribution in [0, 0.1) is 0 Å². The van der Waals surface area contributed by atoms with Gasteiger partial charge >= 0.3 is 0 Å². The highest BCUT2D eigenvalue weighted by Crippen LogP contribution is 2.28. The number of alkyl halides is 2. The molecule has 0 fully saturated rings. The minimum absolute atomic E-state index is 0.0953. The first-order valence-corrected chi connectivity index (χ1v) is 4.89. The summed E-state index contributed by atoms with van der Waals surface area (Å²) in [6.07, 6.45) is 1.21. The topological polar surface area (TPSA) is 17.1 Å². The van der Waals surface area contributed by atoms with E-state index in [1.165, 1.54) is 0 Å². The molecule has 13 heavy (non-hydrogen) atoms. The monoisotopic (exact) mass is 216 g/mol. The van der Waals surface area contributed by atoms with Crippen LogP contribution in [0.5, 0.6) is 0 Å². The quantitative estimate of drug-likeness (QED) is 0.559. The molecule has 3 heteroatoms. The molecule has 0 aliphatic rings. The van der Waals surface area contributed by atoms with Crippen molar-refractivity contribution in [1.82, 2.24) is 0 Å². The molecule has 1 atom stereocenters. The smallest absolute Gasteiger partial charge is 0.120 e. The second kappa shape index (κ2) is 5.25. The van der Waals surface area contributed by atoms with Gasteiger partial charge in [-0.2, -0.15) is 0 Å². The third kappa shape index (κ3) is 3.02. The maximum absolute atomic E-state index is 10.4. The van der Waals surface area contributed by atoms with E-state index in [1.807, 2.05) is 30.3 Å². The molecule has 1 nitrogen and oxygen atoms in total. The maximum atomic E-state index is 10.4. The van der Waals surface area contributed by atoms with E-state index >= 15 is 0 Å². The molecule has 1 aromatic rings. The van der Waals surface area contributed by atoms with Gasteiger partial charge in [0.1, 0.15) is 11.1 Å². The van der Waals surface area contributed by atoms with Gasteiger partial charge in [0.2, 0.25) is 0 Å². The van der Waals surface area contributed by atoms with E-state index in [0.717, 1.165) is 11.8 Å². The Morgan fingerprint density at radius 3 is 2.31 bits per heavy atom. The van der Waals surface area contributed by atoms with Crippen molar-refractivity contribution in [2.75, 3.05) is 0 Å². The highest BCUT2D eigenvalue weighted by molar-refractivity contribution is 6.44. The largest absolute Gasteiger partial charge is 0.303 e. The molecule has 0 bridgehead atoms. The average molecular weight is 217 g/mol. The zero-order valence-electron chi connectivity index (χ0n) is 6.99. The summed E-state index contributed by atoms with van der Waals surface area (Å²) in [7, 11) is 0. The first-order valence-electron chi connectivity index (χ1n) is 4.02. The van der Waals surface area contributed by atoms with Crippen molar-refractivity contribution in [3.63, 3.8) is 0 Å². The van der Waals surface area contributed by atoms with Crippen molar-refractivity contribution in [2.24, 2.45) is 0 Å². The first kappa shape index (κ1) is 10.6. The number of aldehydes is 1. The van der Waals surface area contributed by atoms with Crippen LogP contribution in [-0.4, -0.2) is 11.1 Å². The summed E-state index contributed by atoms with van der Waals surface area (Å²) in [5.41, 5.74) is 1.00. The standard InChI is InChI=1S/C10H10Cl2O/c11-10(12)9(6-7-13)8-4-2-1-3-5-8/h1-5,7,9-10H,6H2. The van der Waals surface area contributed by atoms with E-state index in [9.17, 15) is 4.79 Å². The number of halogens is 2. The Morgan fingerprint density at radius 1 is 1.23 bits per heavy atom. The Balaban J connectivity index is 2.82. The number of carbonyl (C=O) groups excluding carboxylic acids is 1. The van der Waals surface area contributed by atoms with Crippen LogP contribution in [0.3, 0.4) is 0 Å². The van der Waals surface area contributed by atoms with E-state index < -0.39 is 4.84 Å². The summed E-state index contributed by atoms with van der Waals surface area (Å²) >= 11 is 11.5. The second-order valence-electron chi connectivity index (χ2n) is 2.75. The van der Waals surface area contributed by atoms with Gasteiger partial charge in [0.25, 0.3) is 0 Å².